The summed E-state index contributed by atoms with van der Waals surface area (Å²) < 4.78 is 5.20. The molecule has 0 unspecified atom stereocenters. The van der Waals surface area contributed by atoms with Gasteiger partial charge < -0.3 is 14.2 Å². The third kappa shape index (κ3) is 3.80. The van der Waals surface area contributed by atoms with Crippen LogP contribution in [0.2, 0.25) is 0 Å². The maximum Gasteiger partial charge on any atom is 0.246 e. The van der Waals surface area contributed by atoms with Gasteiger partial charge in [0.25, 0.3) is 0 Å². The SMILES string of the molecule is CN(C(=O)/C=C/c1ccco1)C1CCN(c2ccccn2)CC1. The zero-order chi connectivity index (χ0) is 16.1. The molecular formula is C18H21N3O2. The number of aromatic nitrogens is 1. The Hall–Kier alpha value is -2.56. The zero-order valence-electron chi connectivity index (χ0n) is 13.3. The van der Waals surface area contributed by atoms with Crippen molar-refractivity contribution >= 4 is 17.8 Å². The second-order valence-electron chi connectivity index (χ2n) is 5.70. The molecule has 3 rings (SSSR count). The van der Waals surface area contributed by atoms with Crippen molar-refractivity contribution in [2.45, 2.75) is 18.9 Å². The molecule has 2 aromatic heterocycles. The Labute approximate surface area is 136 Å². The number of nitrogens with zero attached hydrogens (tertiary/aromatic N) is 3. The van der Waals surface area contributed by atoms with E-state index in [-0.39, 0.29) is 11.9 Å². The van der Waals surface area contributed by atoms with E-state index in [4.69, 9.17) is 4.42 Å². The van der Waals surface area contributed by atoms with E-state index in [1.807, 2.05) is 42.4 Å². The molecule has 1 amide bonds. The van der Waals surface area contributed by atoms with E-state index in [1.54, 1.807) is 24.5 Å². The van der Waals surface area contributed by atoms with Crippen molar-refractivity contribution in [3.05, 3.63) is 54.6 Å². The maximum absolute atomic E-state index is 12.3. The van der Waals surface area contributed by atoms with Gasteiger partial charge in [0.05, 0.1) is 6.26 Å². The standard InChI is InChI=1S/C18H21N3O2/c1-20(18(22)8-7-16-5-4-14-23-16)15-9-12-21(13-10-15)17-6-2-3-11-19-17/h2-8,11,14-15H,9-10,12-13H2,1H3/b8-7+. The second kappa shape index (κ2) is 7.13. The van der Waals surface area contributed by atoms with E-state index < -0.39 is 0 Å². The minimum absolute atomic E-state index is 0.0117. The van der Waals surface area contributed by atoms with Crippen LogP contribution in [-0.4, -0.2) is 42.0 Å². The van der Waals surface area contributed by atoms with Crippen molar-refractivity contribution in [2.24, 2.45) is 0 Å². The number of anilines is 1. The highest BCUT2D eigenvalue weighted by molar-refractivity contribution is 5.91. The van der Waals surface area contributed by atoms with Crippen LogP contribution in [0.25, 0.3) is 6.08 Å². The maximum atomic E-state index is 12.3. The number of likely N-dealkylation sites (N-methyl/N-ethyl adjacent to an activating group) is 1. The van der Waals surface area contributed by atoms with Gasteiger partial charge in [-0.05, 0) is 43.2 Å². The highest BCUT2D eigenvalue weighted by Crippen LogP contribution is 2.20. The Kier molecular flexibility index (Phi) is 4.76. The fourth-order valence-corrected chi connectivity index (χ4v) is 2.86. The predicted molar refractivity (Wildman–Crippen MR) is 90.0 cm³/mol. The summed E-state index contributed by atoms with van der Waals surface area (Å²) in [7, 11) is 1.87. The monoisotopic (exact) mass is 311 g/mol. The molecule has 120 valence electrons. The number of rotatable bonds is 4. The molecule has 1 saturated heterocycles. The summed E-state index contributed by atoms with van der Waals surface area (Å²) in [5, 5.41) is 0. The molecule has 0 spiro atoms. The number of furan rings is 1. The normalized spacial score (nSPS) is 16.0. The van der Waals surface area contributed by atoms with E-state index in [2.05, 4.69) is 9.88 Å². The molecule has 5 heteroatoms. The molecule has 0 bridgehead atoms. The molecule has 0 saturated carbocycles. The minimum Gasteiger partial charge on any atom is -0.465 e. The summed E-state index contributed by atoms with van der Waals surface area (Å²) in [5.41, 5.74) is 0. The fraction of sp³-hybridized carbons (Fsp3) is 0.333. The number of hydrogen-bond donors (Lipinski definition) is 0. The van der Waals surface area contributed by atoms with Gasteiger partial charge in [-0.25, -0.2) is 4.98 Å². The summed E-state index contributed by atoms with van der Waals surface area (Å²) in [6, 6.07) is 9.86. The first-order chi connectivity index (χ1) is 11.2. The lowest BCUT2D eigenvalue weighted by Gasteiger charge is -2.36. The molecule has 0 aliphatic carbocycles. The van der Waals surface area contributed by atoms with Gasteiger partial charge in [0.2, 0.25) is 5.91 Å². The summed E-state index contributed by atoms with van der Waals surface area (Å²) >= 11 is 0. The average Bonchev–Trinajstić information content (AvgIpc) is 3.13. The summed E-state index contributed by atoms with van der Waals surface area (Å²) in [6.07, 6.45) is 8.60. The molecule has 1 aliphatic rings. The van der Waals surface area contributed by atoms with Crippen LogP contribution in [0.5, 0.6) is 0 Å². The molecule has 5 nitrogen and oxygen atoms in total. The van der Waals surface area contributed by atoms with Crippen molar-refractivity contribution in [2.75, 3.05) is 25.0 Å². The van der Waals surface area contributed by atoms with Crippen LogP contribution in [0.4, 0.5) is 5.82 Å². The van der Waals surface area contributed by atoms with Crippen LogP contribution in [-0.2, 0) is 4.79 Å². The van der Waals surface area contributed by atoms with Gasteiger partial charge in [-0.2, -0.15) is 0 Å². The van der Waals surface area contributed by atoms with Crippen LogP contribution in [0, 0.1) is 0 Å². The molecule has 0 N–H and O–H groups in total. The number of amides is 1. The van der Waals surface area contributed by atoms with Gasteiger partial charge in [-0.3, -0.25) is 4.79 Å². The van der Waals surface area contributed by atoms with Gasteiger partial charge in [0.15, 0.2) is 0 Å². The second-order valence-corrected chi connectivity index (χ2v) is 5.70. The molecule has 0 atom stereocenters. The fourth-order valence-electron chi connectivity index (χ4n) is 2.86. The summed E-state index contributed by atoms with van der Waals surface area (Å²) in [5.74, 6) is 1.71. The lowest BCUT2D eigenvalue weighted by molar-refractivity contribution is -0.127. The van der Waals surface area contributed by atoms with Gasteiger partial charge in [0.1, 0.15) is 11.6 Å². The van der Waals surface area contributed by atoms with Gasteiger partial charge in [-0.1, -0.05) is 6.07 Å². The molecule has 1 fully saturated rings. The quantitative estimate of drug-likeness (QED) is 0.815. The van der Waals surface area contributed by atoms with E-state index >= 15 is 0 Å². The van der Waals surface area contributed by atoms with Crippen LogP contribution in [0.1, 0.15) is 18.6 Å². The summed E-state index contributed by atoms with van der Waals surface area (Å²) in [6.45, 7) is 1.84. The Bertz CT molecular complexity index is 644. The van der Waals surface area contributed by atoms with E-state index in [0.29, 0.717) is 5.76 Å². The first kappa shape index (κ1) is 15.3. The topological polar surface area (TPSA) is 49.6 Å². The Morgan fingerprint density at radius 2 is 2.13 bits per heavy atom. The predicted octanol–water partition coefficient (Wildman–Crippen LogP) is 2.82. The van der Waals surface area contributed by atoms with Crippen molar-refractivity contribution < 1.29 is 9.21 Å². The van der Waals surface area contributed by atoms with Crippen molar-refractivity contribution in [3.8, 4) is 0 Å². The van der Waals surface area contributed by atoms with E-state index in [0.717, 1.165) is 31.7 Å². The molecule has 3 heterocycles. The van der Waals surface area contributed by atoms with Gasteiger partial charge in [-0.15, -0.1) is 0 Å². The lowest BCUT2D eigenvalue weighted by Crippen LogP contribution is -2.45. The molecule has 1 aliphatic heterocycles. The van der Waals surface area contributed by atoms with Crippen molar-refractivity contribution in [1.29, 1.82) is 0 Å². The molecule has 2 aromatic rings. The third-order valence-corrected chi connectivity index (χ3v) is 4.27. The van der Waals surface area contributed by atoms with E-state index in [9.17, 15) is 4.79 Å². The molecular weight excluding hydrogens is 290 g/mol. The lowest BCUT2D eigenvalue weighted by atomic mass is 10.0. The Morgan fingerprint density at radius 3 is 2.78 bits per heavy atom. The first-order valence-electron chi connectivity index (χ1n) is 7.88. The zero-order valence-corrected chi connectivity index (χ0v) is 13.3. The number of pyridine rings is 1. The van der Waals surface area contributed by atoms with Crippen LogP contribution in [0.3, 0.4) is 0 Å². The van der Waals surface area contributed by atoms with Gasteiger partial charge >= 0.3 is 0 Å². The number of hydrogen-bond acceptors (Lipinski definition) is 4. The van der Waals surface area contributed by atoms with Gasteiger partial charge in [0, 0.05) is 38.5 Å². The highest BCUT2D eigenvalue weighted by atomic mass is 16.3. The molecule has 23 heavy (non-hydrogen) atoms. The number of carbonyl (C=O) groups excluding carboxylic acids is 1. The largest absolute Gasteiger partial charge is 0.465 e. The number of piperidine rings is 1. The minimum atomic E-state index is 0.0117. The van der Waals surface area contributed by atoms with Crippen LogP contribution < -0.4 is 4.90 Å². The smallest absolute Gasteiger partial charge is 0.246 e. The molecule has 0 aromatic carbocycles. The van der Waals surface area contributed by atoms with Crippen molar-refractivity contribution in [3.63, 3.8) is 0 Å². The highest BCUT2D eigenvalue weighted by Gasteiger charge is 2.24. The molecule has 0 radical (unpaired) electrons. The van der Waals surface area contributed by atoms with Crippen LogP contribution >= 0.6 is 0 Å². The van der Waals surface area contributed by atoms with Crippen molar-refractivity contribution in [1.82, 2.24) is 9.88 Å². The first-order valence-corrected chi connectivity index (χ1v) is 7.88. The van der Waals surface area contributed by atoms with E-state index in [1.165, 1.54) is 0 Å². The van der Waals surface area contributed by atoms with Crippen LogP contribution in [0.15, 0.2) is 53.3 Å². The average molecular weight is 311 g/mol. The third-order valence-electron chi connectivity index (χ3n) is 4.27. The number of carbonyl (C=O) groups is 1. The Morgan fingerprint density at radius 1 is 1.30 bits per heavy atom. The summed E-state index contributed by atoms with van der Waals surface area (Å²) in [4.78, 5) is 20.7. The Balaban J connectivity index is 1.53.